The summed E-state index contributed by atoms with van der Waals surface area (Å²) in [4.78, 5) is 11.9. The van der Waals surface area contributed by atoms with Crippen molar-refractivity contribution in [2.45, 2.75) is 12.5 Å². The molecule has 0 bridgehead atoms. The molecule has 0 saturated heterocycles. The van der Waals surface area contributed by atoms with Crippen molar-refractivity contribution in [3.8, 4) is 11.4 Å². The van der Waals surface area contributed by atoms with Gasteiger partial charge in [-0.1, -0.05) is 0 Å². The molecular weight excluding hydrogens is 286 g/mol. The van der Waals surface area contributed by atoms with Crippen LogP contribution in [0.2, 0.25) is 0 Å². The van der Waals surface area contributed by atoms with Crippen LogP contribution in [0.4, 0.5) is 5.69 Å². The Morgan fingerprint density at radius 3 is 2.71 bits per heavy atom. The Balaban J connectivity index is 2.00. The third kappa shape index (κ3) is 4.05. The summed E-state index contributed by atoms with van der Waals surface area (Å²) in [7, 11) is 1.88. The number of benzene rings is 1. The number of nitrogens with zero attached hydrogens (tertiary/aromatic N) is 3. The maximum absolute atomic E-state index is 11.9. The lowest BCUT2D eigenvalue weighted by atomic mass is 10.1. The average molecular weight is 305 g/mol. The number of thioether (sulfide) groups is 1. The molecule has 2 aromatic rings. The lowest BCUT2D eigenvalue weighted by molar-refractivity contribution is -0.117. The van der Waals surface area contributed by atoms with Crippen LogP contribution in [-0.2, 0) is 11.8 Å². The normalized spacial score (nSPS) is 12.1. The Morgan fingerprint density at radius 1 is 1.43 bits per heavy atom. The zero-order valence-electron chi connectivity index (χ0n) is 12.1. The molecule has 0 aliphatic carbocycles. The van der Waals surface area contributed by atoms with Gasteiger partial charge in [0.2, 0.25) is 5.91 Å². The van der Waals surface area contributed by atoms with E-state index in [0.29, 0.717) is 6.42 Å². The van der Waals surface area contributed by atoms with Gasteiger partial charge in [0.15, 0.2) is 5.82 Å². The molecule has 6 nitrogen and oxygen atoms in total. The van der Waals surface area contributed by atoms with Crippen LogP contribution in [0.1, 0.15) is 6.42 Å². The van der Waals surface area contributed by atoms with E-state index in [9.17, 15) is 4.79 Å². The summed E-state index contributed by atoms with van der Waals surface area (Å²) in [6.07, 6.45) is 4.32. The number of amides is 1. The Labute approximate surface area is 128 Å². The highest BCUT2D eigenvalue weighted by molar-refractivity contribution is 7.98. The van der Waals surface area contributed by atoms with E-state index < -0.39 is 6.04 Å². The molecule has 1 atom stereocenters. The molecule has 7 heteroatoms. The number of rotatable bonds is 6. The lowest BCUT2D eigenvalue weighted by Gasteiger charge is -2.12. The van der Waals surface area contributed by atoms with Crippen LogP contribution in [0.15, 0.2) is 30.6 Å². The number of carbonyl (C=O) groups excluding carboxylic acids is 1. The third-order valence-corrected chi connectivity index (χ3v) is 3.74. The van der Waals surface area contributed by atoms with E-state index in [0.717, 1.165) is 22.8 Å². The summed E-state index contributed by atoms with van der Waals surface area (Å²) in [5.41, 5.74) is 7.50. The van der Waals surface area contributed by atoms with Crippen LogP contribution in [0.3, 0.4) is 0 Å². The fraction of sp³-hybridized carbons (Fsp3) is 0.357. The zero-order valence-corrected chi connectivity index (χ0v) is 12.9. The number of hydrogen-bond donors (Lipinski definition) is 2. The maximum Gasteiger partial charge on any atom is 0.241 e. The van der Waals surface area contributed by atoms with Crippen LogP contribution in [0.25, 0.3) is 11.4 Å². The van der Waals surface area contributed by atoms with Gasteiger partial charge in [0.25, 0.3) is 0 Å². The van der Waals surface area contributed by atoms with E-state index in [-0.39, 0.29) is 5.91 Å². The van der Waals surface area contributed by atoms with Crippen molar-refractivity contribution in [3.63, 3.8) is 0 Å². The van der Waals surface area contributed by atoms with Crippen LogP contribution in [0, 0.1) is 0 Å². The Hall–Kier alpha value is -1.86. The molecule has 2 rings (SSSR count). The van der Waals surface area contributed by atoms with E-state index in [2.05, 4.69) is 15.5 Å². The molecule has 0 radical (unpaired) electrons. The average Bonchev–Trinajstić information content (AvgIpc) is 2.91. The number of aryl methyl sites for hydroxylation is 1. The highest BCUT2D eigenvalue weighted by Crippen LogP contribution is 2.18. The minimum absolute atomic E-state index is 0.157. The van der Waals surface area contributed by atoms with Crippen molar-refractivity contribution in [2.75, 3.05) is 17.3 Å². The summed E-state index contributed by atoms with van der Waals surface area (Å²) < 4.78 is 1.84. The van der Waals surface area contributed by atoms with Crippen molar-refractivity contribution in [3.05, 3.63) is 30.6 Å². The van der Waals surface area contributed by atoms with Crippen LogP contribution < -0.4 is 11.1 Å². The summed E-state index contributed by atoms with van der Waals surface area (Å²) in [6.45, 7) is 0. The quantitative estimate of drug-likeness (QED) is 0.844. The van der Waals surface area contributed by atoms with Crippen LogP contribution in [-0.4, -0.2) is 38.7 Å². The molecule has 112 valence electrons. The van der Waals surface area contributed by atoms with Gasteiger partial charge in [0, 0.05) is 18.3 Å². The fourth-order valence-electron chi connectivity index (χ4n) is 1.86. The van der Waals surface area contributed by atoms with Gasteiger partial charge in [-0.3, -0.25) is 4.79 Å². The molecule has 0 fully saturated rings. The number of hydrogen-bond acceptors (Lipinski definition) is 5. The van der Waals surface area contributed by atoms with Crippen molar-refractivity contribution >= 4 is 23.4 Å². The first-order chi connectivity index (χ1) is 10.1. The van der Waals surface area contributed by atoms with E-state index in [4.69, 9.17) is 5.73 Å². The molecule has 0 saturated carbocycles. The second-order valence-corrected chi connectivity index (χ2v) is 5.71. The fourth-order valence-corrected chi connectivity index (χ4v) is 2.35. The van der Waals surface area contributed by atoms with Crippen molar-refractivity contribution in [1.29, 1.82) is 0 Å². The first kappa shape index (κ1) is 15.5. The minimum atomic E-state index is -0.476. The zero-order chi connectivity index (χ0) is 15.2. The Bertz CT molecular complexity index is 596. The number of nitrogens with one attached hydrogen (secondary N) is 1. The third-order valence-electron chi connectivity index (χ3n) is 3.09. The number of carbonyl (C=O) groups is 1. The molecule has 1 aromatic carbocycles. The highest BCUT2D eigenvalue weighted by atomic mass is 32.2. The van der Waals surface area contributed by atoms with Gasteiger partial charge in [0.05, 0.1) is 6.04 Å². The minimum Gasteiger partial charge on any atom is -0.325 e. The standard InChI is InChI=1S/C14H19N5OS/c1-19-9-16-18-13(19)10-3-5-11(6-4-10)17-14(20)12(15)7-8-21-2/h3-6,9,12H,7-8,15H2,1-2H3,(H,17,20)/t12-/m0/s1. The van der Waals surface area contributed by atoms with Gasteiger partial charge in [-0.2, -0.15) is 11.8 Å². The highest BCUT2D eigenvalue weighted by Gasteiger charge is 2.13. The second-order valence-electron chi connectivity index (χ2n) is 4.72. The van der Waals surface area contributed by atoms with Crippen LogP contribution in [0.5, 0.6) is 0 Å². The predicted octanol–water partition coefficient (Wildman–Crippen LogP) is 1.50. The first-order valence-corrected chi connectivity index (χ1v) is 8.01. The SMILES string of the molecule is CSCC[C@H](N)C(=O)Nc1ccc(-c2nncn2C)cc1. The summed E-state index contributed by atoms with van der Waals surface area (Å²) in [5, 5.41) is 10.7. The monoisotopic (exact) mass is 305 g/mol. The Kier molecular flexibility index (Phi) is 5.35. The molecule has 1 aromatic heterocycles. The molecule has 3 N–H and O–H groups in total. The summed E-state index contributed by atoms with van der Waals surface area (Å²) in [5.74, 6) is 1.50. The van der Waals surface area contributed by atoms with E-state index in [1.165, 1.54) is 0 Å². The molecule has 1 heterocycles. The first-order valence-electron chi connectivity index (χ1n) is 6.61. The summed E-state index contributed by atoms with van der Waals surface area (Å²) in [6, 6.07) is 6.99. The van der Waals surface area contributed by atoms with E-state index in [1.54, 1.807) is 18.1 Å². The topological polar surface area (TPSA) is 85.8 Å². The van der Waals surface area contributed by atoms with Crippen LogP contribution >= 0.6 is 11.8 Å². The van der Waals surface area contributed by atoms with Gasteiger partial charge in [0.1, 0.15) is 6.33 Å². The molecule has 21 heavy (non-hydrogen) atoms. The second kappa shape index (κ2) is 7.24. The number of nitrogens with two attached hydrogens (primary N) is 1. The number of anilines is 1. The Morgan fingerprint density at radius 2 is 2.14 bits per heavy atom. The van der Waals surface area contributed by atoms with Gasteiger partial charge in [-0.15, -0.1) is 10.2 Å². The molecule has 1 amide bonds. The molecule has 0 spiro atoms. The van der Waals surface area contributed by atoms with Gasteiger partial charge in [-0.25, -0.2) is 0 Å². The van der Waals surface area contributed by atoms with Gasteiger partial charge in [-0.05, 0) is 42.7 Å². The maximum atomic E-state index is 11.9. The molecule has 0 aliphatic heterocycles. The lowest BCUT2D eigenvalue weighted by Crippen LogP contribution is -2.36. The van der Waals surface area contributed by atoms with Gasteiger partial charge >= 0.3 is 0 Å². The van der Waals surface area contributed by atoms with Crippen molar-refractivity contribution in [2.24, 2.45) is 12.8 Å². The molecule has 0 unspecified atom stereocenters. The molecular formula is C14H19N5OS. The van der Waals surface area contributed by atoms with Crippen molar-refractivity contribution in [1.82, 2.24) is 14.8 Å². The van der Waals surface area contributed by atoms with Gasteiger partial charge < -0.3 is 15.6 Å². The smallest absolute Gasteiger partial charge is 0.241 e. The van der Waals surface area contributed by atoms with E-state index in [1.807, 2.05) is 42.1 Å². The number of aromatic nitrogens is 3. The largest absolute Gasteiger partial charge is 0.325 e. The molecule has 0 aliphatic rings. The van der Waals surface area contributed by atoms with E-state index >= 15 is 0 Å². The van der Waals surface area contributed by atoms with Crippen molar-refractivity contribution < 1.29 is 4.79 Å². The predicted molar refractivity (Wildman–Crippen MR) is 86.0 cm³/mol. The summed E-state index contributed by atoms with van der Waals surface area (Å²) >= 11 is 1.68.